The molecule has 1 aliphatic rings. The van der Waals surface area contributed by atoms with Gasteiger partial charge in [-0.1, -0.05) is 6.07 Å². The van der Waals surface area contributed by atoms with Gasteiger partial charge in [-0.05, 0) is 37.1 Å². The van der Waals surface area contributed by atoms with Crippen molar-refractivity contribution in [3.05, 3.63) is 54.2 Å². The third-order valence-electron chi connectivity index (χ3n) is 3.98. The van der Waals surface area contributed by atoms with Crippen LogP contribution in [0.3, 0.4) is 0 Å². The summed E-state index contributed by atoms with van der Waals surface area (Å²) in [6.45, 7) is 1.49. The van der Waals surface area contributed by atoms with Gasteiger partial charge in [0, 0.05) is 19.3 Å². The number of carbonyl (C=O) groups is 2. The minimum Gasteiger partial charge on any atom is -0.459 e. The van der Waals surface area contributed by atoms with Gasteiger partial charge in [0.1, 0.15) is 0 Å². The van der Waals surface area contributed by atoms with Gasteiger partial charge in [-0.25, -0.2) is 0 Å². The first-order valence-corrected chi connectivity index (χ1v) is 7.74. The van der Waals surface area contributed by atoms with E-state index in [-0.39, 0.29) is 17.7 Å². The zero-order valence-corrected chi connectivity index (χ0v) is 12.8. The lowest BCUT2D eigenvalue weighted by Gasteiger charge is -2.31. The van der Waals surface area contributed by atoms with E-state index in [0.717, 1.165) is 18.5 Å². The van der Waals surface area contributed by atoms with Crippen LogP contribution in [-0.4, -0.2) is 34.8 Å². The molecule has 1 fully saturated rings. The van der Waals surface area contributed by atoms with E-state index < -0.39 is 0 Å². The maximum Gasteiger partial charge on any atom is 0.289 e. The smallest absolute Gasteiger partial charge is 0.289 e. The molecule has 0 saturated carbocycles. The standard InChI is InChI=1S/C17H19N3O3/c21-16(19-11-14-6-1-2-8-18-14)13-5-3-9-20(12-13)17(22)15-7-4-10-23-15/h1-2,4,6-8,10,13H,3,5,9,11-12H2,(H,19,21)/t13-/m1/s1. The average molecular weight is 313 g/mol. The van der Waals surface area contributed by atoms with Crippen molar-refractivity contribution < 1.29 is 14.0 Å². The van der Waals surface area contributed by atoms with E-state index in [2.05, 4.69) is 10.3 Å². The number of nitrogens with one attached hydrogen (secondary N) is 1. The number of pyridine rings is 1. The van der Waals surface area contributed by atoms with Gasteiger partial charge < -0.3 is 14.6 Å². The molecule has 3 rings (SSSR count). The SMILES string of the molecule is O=C(NCc1ccccn1)[C@@H]1CCCN(C(=O)c2ccco2)C1. The Labute approximate surface area is 134 Å². The summed E-state index contributed by atoms with van der Waals surface area (Å²) in [4.78, 5) is 30.5. The molecule has 1 saturated heterocycles. The number of likely N-dealkylation sites (tertiary alicyclic amines) is 1. The van der Waals surface area contributed by atoms with E-state index in [1.807, 2.05) is 18.2 Å². The fourth-order valence-corrected chi connectivity index (χ4v) is 2.76. The summed E-state index contributed by atoms with van der Waals surface area (Å²) in [5.41, 5.74) is 0.820. The van der Waals surface area contributed by atoms with Crippen molar-refractivity contribution in [2.45, 2.75) is 19.4 Å². The normalized spacial score (nSPS) is 17.7. The summed E-state index contributed by atoms with van der Waals surface area (Å²) < 4.78 is 5.15. The van der Waals surface area contributed by atoms with Gasteiger partial charge in [0.2, 0.25) is 5.91 Å². The van der Waals surface area contributed by atoms with Gasteiger partial charge in [0.05, 0.1) is 24.4 Å². The van der Waals surface area contributed by atoms with Gasteiger partial charge in [-0.2, -0.15) is 0 Å². The lowest BCUT2D eigenvalue weighted by Crippen LogP contribution is -2.45. The van der Waals surface area contributed by atoms with Crippen molar-refractivity contribution in [2.75, 3.05) is 13.1 Å². The molecule has 2 aromatic heterocycles. The van der Waals surface area contributed by atoms with Crippen LogP contribution < -0.4 is 5.32 Å². The number of piperidine rings is 1. The third kappa shape index (κ3) is 3.77. The van der Waals surface area contributed by atoms with Crippen LogP contribution in [0.2, 0.25) is 0 Å². The molecule has 1 aliphatic heterocycles. The maximum atomic E-state index is 12.3. The third-order valence-corrected chi connectivity index (χ3v) is 3.98. The summed E-state index contributed by atoms with van der Waals surface area (Å²) in [7, 11) is 0. The van der Waals surface area contributed by atoms with E-state index >= 15 is 0 Å². The summed E-state index contributed by atoms with van der Waals surface area (Å²) in [6, 6.07) is 8.93. The van der Waals surface area contributed by atoms with Crippen molar-refractivity contribution in [3.8, 4) is 0 Å². The van der Waals surface area contributed by atoms with Gasteiger partial charge in [-0.15, -0.1) is 0 Å². The van der Waals surface area contributed by atoms with Crippen LogP contribution in [0.5, 0.6) is 0 Å². The maximum absolute atomic E-state index is 12.3. The number of carbonyl (C=O) groups excluding carboxylic acids is 2. The van der Waals surface area contributed by atoms with Crippen LogP contribution >= 0.6 is 0 Å². The van der Waals surface area contributed by atoms with Crippen LogP contribution in [0.4, 0.5) is 0 Å². The lowest BCUT2D eigenvalue weighted by molar-refractivity contribution is -0.126. The zero-order valence-electron chi connectivity index (χ0n) is 12.8. The second-order valence-electron chi connectivity index (χ2n) is 5.61. The molecule has 2 amide bonds. The number of aromatic nitrogens is 1. The van der Waals surface area contributed by atoms with Crippen molar-refractivity contribution in [1.82, 2.24) is 15.2 Å². The van der Waals surface area contributed by atoms with E-state index in [1.54, 1.807) is 23.2 Å². The minimum atomic E-state index is -0.189. The molecule has 1 atom stereocenters. The molecule has 1 N–H and O–H groups in total. The van der Waals surface area contributed by atoms with Crippen LogP contribution in [0.25, 0.3) is 0 Å². The highest BCUT2D eigenvalue weighted by Gasteiger charge is 2.29. The van der Waals surface area contributed by atoms with E-state index in [4.69, 9.17) is 4.42 Å². The Morgan fingerprint density at radius 1 is 1.30 bits per heavy atom. The number of hydrogen-bond donors (Lipinski definition) is 1. The van der Waals surface area contributed by atoms with Crippen molar-refractivity contribution in [1.29, 1.82) is 0 Å². The molecule has 6 nitrogen and oxygen atoms in total. The van der Waals surface area contributed by atoms with Crippen molar-refractivity contribution in [3.63, 3.8) is 0 Å². The molecule has 0 spiro atoms. The number of hydrogen-bond acceptors (Lipinski definition) is 4. The molecule has 2 aromatic rings. The van der Waals surface area contributed by atoms with Crippen molar-refractivity contribution in [2.24, 2.45) is 5.92 Å². The Morgan fingerprint density at radius 2 is 2.22 bits per heavy atom. The molecular formula is C17H19N3O3. The molecule has 23 heavy (non-hydrogen) atoms. The molecule has 0 bridgehead atoms. The highest BCUT2D eigenvalue weighted by molar-refractivity contribution is 5.92. The van der Waals surface area contributed by atoms with Crippen molar-refractivity contribution >= 4 is 11.8 Å². The number of amides is 2. The highest BCUT2D eigenvalue weighted by Crippen LogP contribution is 2.19. The van der Waals surface area contributed by atoms with E-state index in [1.165, 1.54) is 6.26 Å². The monoisotopic (exact) mass is 313 g/mol. The van der Waals surface area contributed by atoms with Crippen LogP contribution in [0.15, 0.2) is 47.2 Å². The summed E-state index contributed by atoms with van der Waals surface area (Å²) in [5.74, 6) is -0.0595. The Kier molecular flexibility index (Phi) is 4.71. The predicted octanol–water partition coefficient (Wildman–Crippen LogP) is 1.84. The van der Waals surface area contributed by atoms with Gasteiger partial charge in [-0.3, -0.25) is 14.6 Å². The fraction of sp³-hybridized carbons (Fsp3) is 0.353. The Morgan fingerprint density at radius 3 is 2.96 bits per heavy atom. The summed E-state index contributed by atoms with van der Waals surface area (Å²) >= 11 is 0. The van der Waals surface area contributed by atoms with Crippen LogP contribution in [-0.2, 0) is 11.3 Å². The van der Waals surface area contributed by atoms with Crippen LogP contribution in [0, 0.1) is 5.92 Å². The number of furan rings is 1. The first-order chi connectivity index (χ1) is 11.2. The zero-order chi connectivity index (χ0) is 16.1. The van der Waals surface area contributed by atoms with Crippen LogP contribution in [0.1, 0.15) is 29.1 Å². The van der Waals surface area contributed by atoms with Gasteiger partial charge in [0.15, 0.2) is 5.76 Å². The average Bonchev–Trinajstić information content (AvgIpc) is 3.14. The van der Waals surface area contributed by atoms with Gasteiger partial charge in [0.25, 0.3) is 5.91 Å². The molecule has 0 unspecified atom stereocenters. The van der Waals surface area contributed by atoms with Gasteiger partial charge >= 0.3 is 0 Å². The molecule has 0 radical (unpaired) electrons. The number of nitrogens with zero attached hydrogens (tertiary/aromatic N) is 2. The van der Waals surface area contributed by atoms with E-state index in [9.17, 15) is 9.59 Å². The summed E-state index contributed by atoms with van der Waals surface area (Å²) in [6.07, 6.45) is 4.78. The topological polar surface area (TPSA) is 75.4 Å². The largest absolute Gasteiger partial charge is 0.459 e. The second kappa shape index (κ2) is 7.09. The quantitative estimate of drug-likeness (QED) is 0.934. The molecule has 6 heteroatoms. The summed E-state index contributed by atoms with van der Waals surface area (Å²) in [5, 5.41) is 2.90. The highest BCUT2D eigenvalue weighted by atomic mass is 16.3. The number of rotatable bonds is 4. The molecular weight excluding hydrogens is 294 g/mol. The minimum absolute atomic E-state index is 0.0346. The lowest BCUT2D eigenvalue weighted by atomic mass is 9.97. The first kappa shape index (κ1) is 15.3. The molecule has 120 valence electrons. The first-order valence-electron chi connectivity index (χ1n) is 7.74. The molecule has 3 heterocycles. The Balaban J connectivity index is 1.55. The fourth-order valence-electron chi connectivity index (χ4n) is 2.76. The molecule has 0 aromatic carbocycles. The molecule has 0 aliphatic carbocycles. The Bertz CT molecular complexity index is 655. The predicted molar refractivity (Wildman–Crippen MR) is 83.4 cm³/mol. The second-order valence-corrected chi connectivity index (χ2v) is 5.61. The van der Waals surface area contributed by atoms with E-state index in [0.29, 0.717) is 25.4 Å². The Hall–Kier alpha value is -2.63.